The number of carbonyl (C=O) groups excluding carboxylic acids is 1. The van der Waals surface area contributed by atoms with Gasteiger partial charge in [-0.05, 0) is 25.2 Å². The van der Waals surface area contributed by atoms with Crippen LogP contribution in [0.4, 0.5) is 0 Å². The number of amides is 1. The summed E-state index contributed by atoms with van der Waals surface area (Å²) in [5.41, 5.74) is 0. The van der Waals surface area contributed by atoms with Crippen molar-refractivity contribution in [2.24, 2.45) is 5.92 Å². The van der Waals surface area contributed by atoms with Crippen molar-refractivity contribution in [1.29, 1.82) is 0 Å². The van der Waals surface area contributed by atoms with Gasteiger partial charge in [-0.2, -0.15) is 0 Å². The lowest BCUT2D eigenvalue weighted by atomic mass is 9.82. The standard InChI is InChI=1S/C11H17NO/c13-11(9-10-5-4-6-10)12-7-2-1-3-8-12/h1-2,10H,3-9H2. The molecule has 0 saturated heterocycles. The maximum Gasteiger partial charge on any atom is 0.223 e. The fraction of sp³-hybridized carbons (Fsp3) is 0.727. The quantitative estimate of drug-likeness (QED) is 0.593. The lowest BCUT2D eigenvalue weighted by Gasteiger charge is -2.29. The molecule has 0 aromatic rings. The van der Waals surface area contributed by atoms with Crippen LogP contribution in [0.5, 0.6) is 0 Å². The summed E-state index contributed by atoms with van der Waals surface area (Å²) < 4.78 is 0. The van der Waals surface area contributed by atoms with E-state index in [4.69, 9.17) is 0 Å². The first kappa shape index (κ1) is 8.79. The van der Waals surface area contributed by atoms with Crippen LogP contribution in [0, 0.1) is 5.92 Å². The van der Waals surface area contributed by atoms with Gasteiger partial charge in [-0.1, -0.05) is 18.6 Å². The van der Waals surface area contributed by atoms with Crippen LogP contribution < -0.4 is 0 Å². The van der Waals surface area contributed by atoms with Crippen LogP contribution in [0.3, 0.4) is 0 Å². The van der Waals surface area contributed by atoms with Gasteiger partial charge in [0.05, 0.1) is 0 Å². The van der Waals surface area contributed by atoms with Gasteiger partial charge in [-0.25, -0.2) is 0 Å². The van der Waals surface area contributed by atoms with Gasteiger partial charge < -0.3 is 4.90 Å². The molecule has 0 aromatic heterocycles. The Bertz CT molecular complexity index is 218. The Morgan fingerprint density at radius 3 is 2.77 bits per heavy atom. The van der Waals surface area contributed by atoms with Crippen LogP contribution in [0.25, 0.3) is 0 Å². The zero-order valence-corrected chi connectivity index (χ0v) is 8.04. The predicted molar refractivity (Wildman–Crippen MR) is 52.3 cm³/mol. The van der Waals surface area contributed by atoms with E-state index < -0.39 is 0 Å². The highest BCUT2D eigenvalue weighted by Crippen LogP contribution is 2.29. The fourth-order valence-electron chi connectivity index (χ4n) is 1.94. The zero-order valence-electron chi connectivity index (χ0n) is 8.04. The van der Waals surface area contributed by atoms with E-state index in [0.717, 1.165) is 25.9 Å². The largest absolute Gasteiger partial charge is 0.339 e. The summed E-state index contributed by atoms with van der Waals surface area (Å²) in [6.45, 7) is 1.77. The summed E-state index contributed by atoms with van der Waals surface area (Å²) >= 11 is 0. The number of hydrogen-bond acceptors (Lipinski definition) is 1. The summed E-state index contributed by atoms with van der Waals surface area (Å²) in [7, 11) is 0. The van der Waals surface area contributed by atoms with Crippen LogP contribution in [-0.2, 0) is 4.79 Å². The van der Waals surface area contributed by atoms with Crippen molar-refractivity contribution in [2.45, 2.75) is 32.1 Å². The Labute approximate surface area is 79.6 Å². The molecule has 72 valence electrons. The van der Waals surface area contributed by atoms with Gasteiger partial charge in [0.25, 0.3) is 0 Å². The summed E-state index contributed by atoms with van der Waals surface area (Å²) in [6, 6.07) is 0. The molecule has 2 nitrogen and oxygen atoms in total. The second-order valence-corrected chi connectivity index (χ2v) is 4.10. The first-order chi connectivity index (χ1) is 6.36. The van der Waals surface area contributed by atoms with Crippen molar-refractivity contribution >= 4 is 5.91 Å². The predicted octanol–water partition coefficient (Wildman–Crippen LogP) is 1.97. The lowest BCUT2D eigenvalue weighted by Crippen LogP contribution is -2.35. The first-order valence-electron chi connectivity index (χ1n) is 5.29. The molecular weight excluding hydrogens is 162 g/mol. The second kappa shape index (κ2) is 3.95. The van der Waals surface area contributed by atoms with E-state index in [1.54, 1.807) is 0 Å². The van der Waals surface area contributed by atoms with Gasteiger partial charge in [0.1, 0.15) is 0 Å². The average molecular weight is 179 g/mol. The normalized spacial score (nSPS) is 22.9. The molecule has 1 aliphatic carbocycles. The van der Waals surface area contributed by atoms with Gasteiger partial charge in [0.2, 0.25) is 5.91 Å². The molecule has 0 atom stereocenters. The van der Waals surface area contributed by atoms with E-state index in [2.05, 4.69) is 12.2 Å². The Morgan fingerprint density at radius 1 is 1.38 bits per heavy atom. The van der Waals surface area contributed by atoms with E-state index in [9.17, 15) is 4.79 Å². The molecule has 2 heteroatoms. The molecule has 0 aromatic carbocycles. The third-order valence-corrected chi connectivity index (χ3v) is 3.10. The van der Waals surface area contributed by atoms with E-state index in [0.29, 0.717) is 11.8 Å². The number of hydrogen-bond donors (Lipinski definition) is 0. The molecule has 1 fully saturated rings. The van der Waals surface area contributed by atoms with Gasteiger partial charge in [-0.15, -0.1) is 0 Å². The topological polar surface area (TPSA) is 20.3 Å². The Balaban J connectivity index is 1.78. The molecule has 0 unspecified atom stereocenters. The first-order valence-corrected chi connectivity index (χ1v) is 5.29. The van der Waals surface area contributed by atoms with Gasteiger partial charge >= 0.3 is 0 Å². The van der Waals surface area contributed by atoms with Crippen molar-refractivity contribution in [3.05, 3.63) is 12.2 Å². The van der Waals surface area contributed by atoms with Crippen molar-refractivity contribution in [2.75, 3.05) is 13.1 Å². The Hall–Kier alpha value is -0.790. The highest BCUT2D eigenvalue weighted by Gasteiger charge is 2.23. The molecule has 13 heavy (non-hydrogen) atoms. The van der Waals surface area contributed by atoms with E-state index in [-0.39, 0.29) is 0 Å². The molecule has 1 heterocycles. The van der Waals surface area contributed by atoms with Crippen LogP contribution >= 0.6 is 0 Å². The highest BCUT2D eigenvalue weighted by molar-refractivity contribution is 5.76. The SMILES string of the molecule is O=C(CC1CCC1)N1CC=CCC1. The van der Waals surface area contributed by atoms with Crippen LogP contribution in [0.2, 0.25) is 0 Å². The molecule has 0 spiro atoms. The maximum absolute atomic E-state index is 11.7. The Morgan fingerprint density at radius 2 is 2.23 bits per heavy atom. The van der Waals surface area contributed by atoms with Crippen molar-refractivity contribution in [3.8, 4) is 0 Å². The molecule has 1 saturated carbocycles. The van der Waals surface area contributed by atoms with Crippen LogP contribution in [0.15, 0.2) is 12.2 Å². The fourth-order valence-corrected chi connectivity index (χ4v) is 1.94. The third kappa shape index (κ3) is 2.11. The van der Waals surface area contributed by atoms with Gasteiger partial charge in [-0.3, -0.25) is 4.79 Å². The van der Waals surface area contributed by atoms with Crippen LogP contribution in [0.1, 0.15) is 32.1 Å². The summed E-state index contributed by atoms with van der Waals surface area (Å²) in [6.07, 6.45) is 9.97. The molecule has 1 amide bonds. The monoisotopic (exact) mass is 179 g/mol. The molecule has 0 bridgehead atoms. The van der Waals surface area contributed by atoms with Gasteiger partial charge in [0, 0.05) is 19.5 Å². The molecule has 0 N–H and O–H groups in total. The maximum atomic E-state index is 11.7. The summed E-state index contributed by atoms with van der Waals surface area (Å²) in [5, 5.41) is 0. The molecule has 2 rings (SSSR count). The van der Waals surface area contributed by atoms with Crippen molar-refractivity contribution < 1.29 is 4.79 Å². The molecule has 1 aliphatic heterocycles. The molecule has 0 radical (unpaired) electrons. The summed E-state index contributed by atoms with van der Waals surface area (Å²) in [5.74, 6) is 1.08. The number of rotatable bonds is 2. The highest BCUT2D eigenvalue weighted by atomic mass is 16.2. The molecule has 2 aliphatic rings. The number of carbonyl (C=O) groups is 1. The van der Waals surface area contributed by atoms with Gasteiger partial charge in [0.15, 0.2) is 0 Å². The number of nitrogens with zero attached hydrogens (tertiary/aromatic N) is 1. The minimum Gasteiger partial charge on any atom is -0.339 e. The lowest BCUT2D eigenvalue weighted by molar-refractivity contribution is -0.132. The van der Waals surface area contributed by atoms with Crippen molar-refractivity contribution in [3.63, 3.8) is 0 Å². The van der Waals surface area contributed by atoms with Crippen LogP contribution in [-0.4, -0.2) is 23.9 Å². The average Bonchev–Trinajstić information content (AvgIpc) is 2.12. The minimum absolute atomic E-state index is 0.369. The van der Waals surface area contributed by atoms with Crippen molar-refractivity contribution in [1.82, 2.24) is 4.90 Å². The smallest absolute Gasteiger partial charge is 0.223 e. The van der Waals surface area contributed by atoms with E-state index in [1.807, 2.05) is 4.90 Å². The molecular formula is C11H17NO. The van der Waals surface area contributed by atoms with E-state index in [1.165, 1.54) is 19.3 Å². The summed E-state index contributed by atoms with van der Waals surface area (Å²) in [4.78, 5) is 13.7. The third-order valence-electron chi connectivity index (χ3n) is 3.10. The zero-order chi connectivity index (χ0) is 9.10. The minimum atomic E-state index is 0.369. The van der Waals surface area contributed by atoms with E-state index >= 15 is 0 Å². The second-order valence-electron chi connectivity index (χ2n) is 4.10. The Kier molecular flexibility index (Phi) is 2.67.